The van der Waals surface area contributed by atoms with Gasteiger partial charge < -0.3 is 9.84 Å². The van der Waals surface area contributed by atoms with Crippen molar-refractivity contribution >= 4 is 15.9 Å². The summed E-state index contributed by atoms with van der Waals surface area (Å²) in [4.78, 5) is 0. The molecule has 0 radical (unpaired) electrons. The zero-order chi connectivity index (χ0) is 10.1. The minimum absolute atomic E-state index is 0.0266. The van der Waals surface area contributed by atoms with Crippen LogP contribution in [0.1, 0.15) is 12.8 Å². The van der Waals surface area contributed by atoms with Gasteiger partial charge in [-0.15, -0.1) is 0 Å². The summed E-state index contributed by atoms with van der Waals surface area (Å²) in [5.74, 6) is 0.183. The minimum atomic E-state index is -0.325. The van der Waals surface area contributed by atoms with Gasteiger partial charge in [0.15, 0.2) is 0 Å². The highest BCUT2D eigenvalue weighted by Crippen LogP contribution is 2.28. The number of halogens is 2. The van der Waals surface area contributed by atoms with Crippen molar-refractivity contribution in [2.24, 2.45) is 0 Å². The molecule has 14 heavy (non-hydrogen) atoms. The molecule has 0 heterocycles. The van der Waals surface area contributed by atoms with E-state index >= 15 is 0 Å². The summed E-state index contributed by atoms with van der Waals surface area (Å²) in [5, 5.41) is 9.04. The van der Waals surface area contributed by atoms with E-state index in [0.717, 1.165) is 0 Å². The molecule has 4 heteroatoms. The van der Waals surface area contributed by atoms with Crippen LogP contribution in [0.4, 0.5) is 4.39 Å². The minimum Gasteiger partial charge on any atom is -0.490 e. The second kappa shape index (κ2) is 3.87. The number of hydrogen-bond donors (Lipinski definition) is 1. The maximum Gasteiger partial charge on any atom is 0.128 e. The van der Waals surface area contributed by atoms with Gasteiger partial charge in [-0.1, -0.05) is 15.9 Å². The number of ether oxygens (including phenoxy) is 1. The number of benzene rings is 1. The van der Waals surface area contributed by atoms with Crippen molar-refractivity contribution in [3.8, 4) is 5.75 Å². The number of aliphatic hydroxyl groups is 1. The first kappa shape index (κ1) is 9.93. The quantitative estimate of drug-likeness (QED) is 0.886. The maximum atomic E-state index is 12.9. The molecule has 0 unspecified atom stereocenters. The van der Waals surface area contributed by atoms with E-state index in [2.05, 4.69) is 15.9 Å². The Hall–Kier alpha value is -0.610. The van der Waals surface area contributed by atoms with Gasteiger partial charge >= 0.3 is 0 Å². The molecule has 1 aromatic rings. The van der Waals surface area contributed by atoms with Crippen LogP contribution >= 0.6 is 15.9 Å². The Morgan fingerprint density at radius 3 is 2.64 bits per heavy atom. The van der Waals surface area contributed by atoms with E-state index < -0.39 is 0 Å². The van der Waals surface area contributed by atoms with Crippen molar-refractivity contribution in [1.29, 1.82) is 0 Å². The van der Waals surface area contributed by atoms with Crippen molar-refractivity contribution in [2.75, 3.05) is 0 Å². The Bertz CT molecular complexity index is 317. The predicted molar refractivity (Wildman–Crippen MR) is 53.8 cm³/mol. The van der Waals surface area contributed by atoms with Gasteiger partial charge in [-0.05, 0) is 12.1 Å². The van der Waals surface area contributed by atoms with Crippen LogP contribution in [0, 0.1) is 5.82 Å². The SMILES string of the molecule is OC1CC(Oc2cc(F)cc(Br)c2)C1. The highest BCUT2D eigenvalue weighted by molar-refractivity contribution is 9.10. The van der Waals surface area contributed by atoms with Gasteiger partial charge in [0, 0.05) is 23.4 Å². The normalized spacial score (nSPS) is 25.6. The summed E-state index contributed by atoms with van der Waals surface area (Å²) in [6.45, 7) is 0. The molecule has 2 nitrogen and oxygen atoms in total. The summed E-state index contributed by atoms with van der Waals surface area (Å²) in [6, 6.07) is 4.44. The lowest BCUT2D eigenvalue weighted by molar-refractivity contribution is -0.0109. The summed E-state index contributed by atoms with van der Waals surface area (Å²) < 4.78 is 19.0. The average Bonchev–Trinajstić information content (AvgIpc) is 1.99. The van der Waals surface area contributed by atoms with Gasteiger partial charge in [0.2, 0.25) is 0 Å². The molecule has 1 saturated carbocycles. The molecule has 0 atom stereocenters. The highest BCUT2D eigenvalue weighted by Gasteiger charge is 2.28. The van der Waals surface area contributed by atoms with Gasteiger partial charge in [0.05, 0.1) is 6.10 Å². The van der Waals surface area contributed by atoms with Gasteiger partial charge in [0.1, 0.15) is 17.7 Å². The first-order valence-corrected chi connectivity index (χ1v) is 5.23. The van der Waals surface area contributed by atoms with E-state index in [1.165, 1.54) is 12.1 Å². The largest absolute Gasteiger partial charge is 0.490 e. The molecule has 0 aliphatic heterocycles. The third-order valence-corrected chi connectivity index (χ3v) is 2.67. The third-order valence-electron chi connectivity index (χ3n) is 2.21. The van der Waals surface area contributed by atoms with Gasteiger partial charge in [-0.2, -0.15) is 0 Å². The van der Waals surface area contributed by atoms with Crippen LogP contribution in [-0.4, -0.2) is 17.3 Å². The van der Waals surface area contributed by atoms with Crippen molar-refractivity contribution in [3.05, 3.63) is 28.5 Å². The fourth-order valence-electron chi connectivity index (χ4n) is 1.42. The summed E-state index contributed by atoms with van der Waals surface area (Å²) >= 11 is 3.19. The van der Waals surface area contributed by atoms with Crippen LogP contribution in [0.3, 0.4) is 0 Å². The number of hydrogen-bond acceptors (Lipinski definition) is 2. The van der Waals surface area contributed by atoms with E-state index in [9.17, 15) is 4.39 Å². The molecule has 1 fully saturated rings. The Morgan fingerprint density at radius 1 is 1.36 bits per heavy atom. The fraction of sp³-hybridized carbons (Fsp3) is 0.400. The van der Waals surface area contributed by atoms with Crippen LogP contribution in [0.25, 0.3) is 0 Å². The maximum absolute atomic E-state index is 12.9. The molecule has 0 saturated heterocycles. The average molecular weight is 261 g/mol. The Labute approximate surface area is 89.8 Å². The first-order chi connectivity index (χ1) is 6.63. The van der Waals surface area contributed by atoms with Crippen LogP contribution in [0.2, 0.25) is 0 Å². The van der Waals surface area contributed by atoms with Crippen molar-refractivity contribution in [3.63, 3.8) is 0 Å². The zero-order valence-corrected chi connectivity index (χ0v) is 9.00. The summed E-state index contributed by atoms with van der Waals surface area (Å²) in [5.41, 5.74) is 0. The van der Waals surface area contributed by atoms with Gasteiger partial charge in [-0.25, -0.2) is 4.39 Å². The standard InChI is InChI=1S/C10H10BrFO2/c11-6-1-7(12)3-9(2-6)14-10-4-8(13)5-10/h1-3,8,10,13H,4-5H2. The smallest absolute Gasteiger partial charge is 0.128 e. The Kier molecular flexibility index (Phi) is 2.74. The number of rotatable bonds is 2. The fourth-order valence-corrected chi connectivity index (χ4v) is 1.87. The van der Waals surface area contributed by atoms with Crippen molar-refractivity contribution in [1.82, 2.24) is 0 Å². The molecular weight excluding hydrogens is 251 g/mol. The van der Waals surface area contributed by atoms with E-state index in [4.69, 9.17) is 9.84 Å². The van der Waals surface area contributed by atoms with Crippen LogP contribution in [0.5, 0.6) is 5.75 Å². The third kappa shape index (κ3) is 2.25. The topological polar surface area (TPSA) is 29.5 Å². The summed E-state index contributed by atoms with van der Waals surface area (Å²) in [6.07, 6.45) is 1.04. The molecule has 0 amide bonds. The monoisotopic (exact) mass is 260 g/mol. The Morgan fingerprint density at radius 2 is 2.07 bits per heavy atom. The summed E-state index contributed by atoms with van der Waals surface area (Å²) in [7, 11) is 0. The zero-order valence-electron chi connectivity index (χ0n) is 7.41. The second-order valence-corrected chi connectivity index (χ2v) is 4.39. The first-order valence-electron chi connectivity index (χ1n) is 4.44. The molecule has 0 spiro atoms. The highest BCUT2D eigenvalue weighted by atomic mass is 79.9. The van der Waals surface area contributed by atoms with Gasteiger partial charge in [0.25, 0.3) is 0 Å². The molecule has 1 aliphatic carbocycles. The second-order valence-electron chi connectivity index (χ2n) is 3.47. The lowest BCUT2D eigenvalue weighted by Crippen LogP contribution is -2.37. The molecule has 1 N–H and O–H groups in total. The van der Waals surface area contributed by atoms with Crippen molar-refractivity contribution in [2.45, 2.75) is 25.0 Å². The van der Waals surface area contributed by atoms with E-state index in [-0.39, 0.29) is 18.0 Å². The lowest BCUT2D eigenvalue weighted by atomic mass is 9.92. The predicted octanol–water partition coefficient (Wildman–Crippen LogP) is 2.49. The molecule has 0 bridgehead atoms. The number of aliphatic hydroxyl groups excluding tert-OH is 1. The molecule has 1 aliphatic rings. The molecule has 0 aromatic heterocycles. The van der Waals surface area contributed by atoms with E-state index in [1.54, 1.807) is 6.07 Å². The van der Waals surface area contributed by atoms with Gasteiger partial charge in [-0.3, -0.25) is 0 Å². The van der Waals surface area contributed by atoms with Crippen molar-refractivity contribution < 1.29 is 14.2 Å². The molecular formula is C10H10BrFO2. The van der Waals surface area contributed by atoms with E-state index in [0.29, 0.717) is 23.1 Å². The lowest BCUT2D eigenvalue weighted by Gasteiger charge is -2.31. The molecule has 1 aromatic carbocycles. The van der Waals surface area contributed by atoms with E-state index in [1.807, 2.05) is 0 Å². The van der Waals surface area contributed by atoms with Crippen LogP contribution < -0.4 is 4.74 Å². The van der Waals surface area contributed by atoms with Crippen LogP contribution in [-0.2, 0) is 0 Å². The van der Waals surface area contributed by atoms with Crippen LogP contribution in [0.15, 0.2) is 22.7 Å². The molecule has 2 rings (SSSR count). The Balaban J connectivity index is 2.02. The molecule has 76 valence electrons.